The van der Waals surface area contributed by atoms with Gasteiger partial charge in [-0.1, -0.05) is 18.6 Å². The molecule has 4 heteroatoms. The first-order chi connectivity index (χ1) is 11.3. The first-order valence-electron chi connectivity index (χ1n) is 9.15. The Morgan fingerprint density at radius 1 is 1.00 bits per heavy atom. The van der Waals surface area contributed by atoms with E-state index in [4.69, 9.17) is 0 Å². The van der Waals surface area contributed by atoms with Crippen LogP contribution in [-0.2, 0) is 4.79 Å². The fraction of sp³-hybridized carbons (Fsp3) is 0.632. The Bertz CT molecular complexity index is 565. The van der Waals surface area contributed by atoms with Crippen LogP contribution in [0.25, 0.3) is 0 Å². The lowest BCUT2D eigenvalue weighted by molar-refractivity contribution is -0.120. The van der Waals surface area contributed by atoms with Crippen molar-refractivity contribution in [2.75, 3.05) is 42.5 Å². The van der Waals surface area contributed by atoms with Crippen LogP contribution in [0, 0.1) is 11.8 Å². The van der Waals surface area contributed by atoms with Gasteiger partial charge in [-0.2, -0.15) is 0 Å². The molecule has 1 heterocycles. The monoisotopic (exact) mass is 313 g/mol. The molecular formula is C19H27N3O. The van der Waals surface area contributed by atoms with Gasteiger partial charge in [0.25, 0.3) is 0 Å². The third-order valence-corrected chi connectivity index (χ3v) is 5.53. The van der Waals surface area contributed by atoms with Crippen LogP contribution < -0.4 is 15.1 Å². The first-order valence-corrected chi connectivity index (χ1v) is 9.15. The molecule has 2 aliphatic carbocycles. The predicted molar refractivity (Wildman–Crippen MR) is 93.9 cm³/mol. The number of hydrogen-bond acceptors (Lipinski definition) is 3. The van der Waals surface area contributed by atoms with Crippen molar-refractivity contribution in [2.24, 2.45) is 11.8 Å². The summed E-state index contributed by atoms with van der Waals surface area (Å²) in [6, 6.07) is 8.56. The number of para-hydroxylation sites is 2. The third kappa shape index (κ3) is 3.46. The van der Waals surface area contributed by atoms with E-state index in [2.05, 4.69) is 39.4 Å². The minimum absolute atomic E-state index is 0.169. The number of rotatable bonds is 6. The highest BCUT2D eigenvalue weighted by Crippen LogP contribution is 2.37. The van der Waals surface area contributed by atoms with E-state index in [9.17, 15) is 4.79 Å². The standard InChI is InChI=1S/C19H27N3O/c23-19(20-12-15-4-3-5-15)14-22-11-10-21(13-16-8-9-16)17-6-1-2-7-18(17)22/h1-2,6-7,15-16H,3-5,8-14H2,(H,20,23). The average molecular weight is 313 g/mol. The molecule has 4 nitrogen and oxygen atoms in total. The zero-order valence-corrected chi connectivity index (χ0v) is 13.8. The highest BCUT2D eigenvalue weighted by atomic mass is 16.2. The summed E-state index contributed by atoms with van der Waals surface area (Å²) in [5.74, 6) is 1.78. The second-order valence-electron chi connectivity index (χ2n) is 7.40. The molecular weight excluding hydrogens is 286 g/mol. The second kappa shape index (κ2) is 6.42. The van der Waals surface area contributed by atoms with Gasteiger partial charge in [-0.15, -0.1) is 0 Å². The quantitative estimate of drug-likeness (QED) is 0.877. The van der Waals surface area contributed by atoms with Crippen molar-refractivity contribution in [1.82, 2.24) is 5.32 Å². The van der Waals surface area contributed by atoms with Gasteiger partial charge in [0, 0.05) is 26.2 Å². The van der Waals surface area contributed by atoms with Crippen molar-refractivity contribution in [2.45, 2.75) is 32.1 Å². The molecule has 0 spiro atoms. The second-order valence-corrected chi connectivity index (χ2v) is 7.40. The largest absolute Gasteiger partial charge is 0.368 e. The summed E-state index contributed by atoms with van der Waals surface area (Å²) >= 11 is 0. The maximum Gasteiger partial charge on any atom is 0.239 e. The molecule has 0 aromatic heterocycles. The lowest BCUT2D eigenvalue weighted by Crippen LogP contribution is -2.46. The summed E-state index contributed by atoms with van der Waals surface area (Å²) in [5, 5.41) is 3.12. The van der Waals surface area contributed by atoms with Crippen LogP contribution >= 0.6 is 0 Å². The average Bonchev–Trinajstić information content (AvgIpc) is 3.32. The number of carbonyl (C=O) groups excluding carboxylic acids is 1. The van der Waals surface area contributed by atoms with E-state index in [1.54, 1.807) is 0 Å². The Balaban J connectivity index is 1.38. The number of amides is 1. The number of anilines is 2. The summed E-state index contributed by atoms with van der Waals surface area (Å²) in [5.41, 5.74) is 2.52. The van der Waals surface area contributed by atoms with Crippen LogP contribution in [-0.4, -0.2) is 38.6 Å². The molecule has 1 amide bonds. The van der Waals surface area contributed by atoms with Gasteiger partial charge < -0.3 is 15.1 Å². The minimum atomic E-state index is 0.169. The lowest BCUT2D eigenvalue weighted by Gasteiger charge is -2.38. The molecule has 124 valence electrons. The molecule has 0 saturated heterocycles. The molecule has 1 aromatic rings. The number of hydrogen-bond donors (Lipinski definition) is 1. The maximum atomic E-state index is 12.3. The molecule has 0 unspecified atom stereocenters. The zero-order chi connectivity index (χ0) is 15.6. The van der Waals surface area contributed by atoms with Gasteiger partial charge in [-0.05, 0) is 49.7 Å². The molecule has 0 radical (unpaired) electrons. The molecule has 0 bridgehead atoms. The molecule has 4 rings (SSSR count). The lowest BCUT2D eigenvalue weighted by atomic mass is 9.85. The van der Waals surface area contributed by atoms with Gasteiger partial charge in [0.1, 0.15) is 0 Å². The van der Waals surface area contributed by atoms with E-state index in [1.165, 1.54) is 50.0 Å². The Kier molecular flexibility index (Phi) is 4.15. The van der Waals surface area contributed by atoms with E-state index in [1.807, 2.05) is 0 Å². The first kappa shape index (κ1) is 14.9. The number of nitrogens with one attached hydrogen (secondary N) is 1. The zero-order valence-electron chi connectivity index (χ0n) is 13.8. The fourth-order valence-corrected chi connectivity index (χ4v) is 3.63. The molecule has 0 atom stereocenters. The molecule has 1 aromatic carbocycles. The molecule has 3 aliphatic rings. The Labute approximate surface area is 138 Å². The van der Waals surface area contributed by atoms with Crippen molar-refractivity contribution < 1.29 is 4.79 Å². The topological polar surface area (TPSA) is 35.6 Å². The smallest absolute Gasteiger partial charge is 0.239 e. The molecule has 2 fully saturated rings. The molecule has 1 N–H and O–H groups in total. The summed E-state index contributed by atoms with van der Waals surface area (Å²) in [6.45, 7) is 4.51. The van der Waals surface area contributed by atoms with Crippen molar-refractivity contribution in [3.8, 4) is 0 Å². The highest BCUT2D eigenvalue weighted by Gasteiger charge is 2.29. The maximum absolute atomic E-state index is 12.3. The van der Waals surface area contributed by atoms with Crippen LogP contribution in [0.5, 0.6) is 0 Å². The summed E-state index contributed by atoms with van der Waals surface area (Å²) in [7, 11) is 0. The number of benzene rings is 1. The van der Waals surface area contributed by atoms with Crippen LogP contribution in [0.15, 0.2) is 24.3 Å². The van der Waals surface area contributed by atoms with Gasteiger partial charge in [0.05, 0.1) is 17.9 Å². The highest BCUT2D eigenvalue weighted by molar-refractivity contribution is 5.84. The molecule has 2 saturated carbocycles. The van der Waals surface area contributed by atoms with E-state index in [0.29, 0.717) is 6.54 Å². The van der Waals surface area contributed by atoms with Crippen LogP contribution in [0.4, 0.5) is 11.4 Å². The fourth-order valence-electron chi connectivity index (χ4n) is 3.63. The normalized spacial score (nSPS) is 20.9. The summed E-state index contributed by atoms with van der Waals surface area (Å²) in [6.07, 6.45) is 6.65. The van der Waals surface area contributed by atoms with Crippen molar-refractivity contribution in [1.29, 1.82) is 0 Å². The van der Waals surface area contributed by atoms with Crippen molar-refractivity contribution in [3.63, 3.8) is 0 Å². The molecule has 23 heavy (non-hydrogen) atoms. The third-order valence-electron chi connectivity index (χ3n) is 5.53. The Morgan fingerprint density at radius 2 is 1.70 bits per heavy atom. The molecule has 1 aliphatic heterocycles. The van der Waals surface area contributed by atoms with E-state index < -0.39 is 0 Å². The van der Waals surface area contributed by atoms with Gasteiger partial charge in [-0.25, -0.2) is 0 Å². The summed E-state index contributed by atoms with van der Waals surface area (Å²) in [4.78, 5) is 17.0. The number of nitrogens with zero attached hydrogens (tertiary/aromatic N) is 2. The minimum Gasteiger partial charge on any atom is -0.368 e. The predicted octanol–water partition coefficient (Wildman–Crippen LogP) is 2.64. The van der Waals surface area contributed by atoms with E-state index in [-0.39, 0.29) is 5.91 Å². The van der Waals surface area contributed by atoms with Gasteiger partial charge in [0.2, 0.25) is 5.91 Å². The van der Waals surface area contributed by atoms with Crippen LogP contribution in [0.3, 0.4) is 0 Å². The van der Waals surface area contributed by atoms with E-state index >= 15 is 0 Å². The van der Waals surface area contributed by atoms with Gasteiger partial charge >= 0.3 is 0 Å². The van der Waals surface area contributed by atoms with E-state index in [0.717, 1.165) is 31.5 Å². The summed E-state index contributed by atoms with van der Waals surface area (Å²) < 4.78 is 0. The SMILES string of the molecule is O=C(CN1CCN(CC2CC2)c2ccccc21)NCC1CCC1. The Morgan fingerprint density at radius 3 is 2.35 bits per heavy atom. The Hall–Kier alpha value is -1.71. The van der Waals surface area contributed by atoms with Crippen LogP contribution in [0.1, 0.15) is 32.1 Å². The van der Waals surface area contributed by atoms with Gasteiger partial charge in [-0.3, -0.25) is 4.79 Å². The number of fused-ring (bicyclic) bond motifs is 1. The van der Waals surface area contributed by atoms with Crippen molar-refractivity contribution in [3.05, 3.63) is 24.3 Å². The van der Waals surface area contributed by atoms with Crippen molar-refractivity contribution >= 4 is 17.3 Å². The number of carbonyl (C=O) groups is 1. The van der Waals surface area contributed by atoms with Crippen LogP contribution in [0.2, 0.25) is 0 Å². The van der Waals surface area contributed by atoms with Gasteiger partial charge in [0.15, 0.2) is 0 Å².